The van der Waals surface area contributed by atoms with E-state index in [1.165, 1.54) is 144 Å². The molecule has 0 N–H and O–H groups in total. The minimum atomic E-state index is -0.241. The maximum atomic E-state index is 2.52. The molecule has 4 fully saturated rings. The molecule has 0 radical (unpaired) electrons. The van der Waals surface area contributed by atoms with Crippen LogP contribution in [-0.2, 0) is 16.2 Å². The molecule has 9 aromatic carbocycles. The molecule has 0 aromatic heterocycles. The van der Waals surface area contributed by atoms with E-state index in [4.69, 9.17) is 0 Å². The van der Waals surface area contributed by atoms with Gasteiger partial charge in [0.15, 0.2) is 0 Å². The lowest BCUT2D eigenvalue weighted by molar-refractivity contribution is -0.00518. The Labute approximate surface area is 408 Å². The molecule has 0 unspecified atom stereocenters. The van der Waals surface area contributed by atoms with Gasteiger partial charge < -0.3 is 4.90 Å². The summed E-state index contributed by atoms with van der Waals surface area (Å²) in [6, 6.07) is 74.1. The first-order valence-electron chi connectivity index (χ1n) is 25.8. The first-order valence-corrected chi connectivity index (χ1v) is 25.8. The van der Waals surface area contributed by atoms with Crippen molar-refractivity contribution >= 4 is 27.8 Å². The van der Waals surface area contributed by atoms with E-state index in [-0.39, 0.29) is 10.8 Å². The fourth-order valence-electron chi connectivity index (χ4n) is 15.3. The van der Waals surface area contributed by atoms with Crippen LogP contribution in [0.2, 0.25) is 0 Å². The van der Waals surface area contributed by atoms with Crippen LogP contribution in [0.15, 0.2) is 194 Å². The van der Waals surface area contributed by atoms with Gasteiger partial charge in [-0.3, -0.25) is 0 Å². The topological polar surface area (TPSA) is 3.24 Å². The van der Waals surface area contributed by atoms with E-state index in [0.29, 0.717) is 5.41 Å². The smallest absolute Gasteiger partial charge is 0.0465 e. The molecule has 1 heteroatoms. The number of hydrogen-bond donors (Lipinski definition) is 0. The Balaban J connectivity index is 0.891. The van der Waals surface area contributed by atoms with Crippen LogP contribution in [0.1, 0.15) is 94.0 Å². The Morgan fingerprint density at radius 3 is 1.68 bits per heavy atom. The second-order valence-electron chi connectivity index (χ2n) is 22.7. The predicted molar refractivity (Wildman–Crippen MR) is 290 cm³/mol. The zero-order chi connectivity index (χ0) is 46.2. The van der Waals surface area contributed by atoms with Crippen LogP contribution in [0, 0.1) is 17.8 Å². The van der Waals surface area contributed by atoms with Gasteiger partial charge in [0.05, 0.1) is 0 Å². The number of benzene rings is 9. The summed E-state index contributed by atoms with van der Waals surface area (Å²) in [5.41, 5.74) is 24.0. The normalized spacial score (nSPS) is 21.7. The fourth-order valence-corrected chi connectivity index (χ4v) is 15.3. The summed E-state index contributed by atoms with van der Waals surface area (Å²) >= 11 is 0. The molecule has 6 aliphatic rings. The van der Waals surface area contributed by atoms with E-state index in [1.807, 2.05) is 0 Å². The summed E-state index contributed by atoms with van der Waals surface area (Å²) in [6.07, 6.45) is 8.53. The third-order valence-corrected chi connectivity index (χ3v) is 18.0. The van der Waals surface area contributed by atoms with Crippen molar-refractivity contribution in [2.45, 2.75) is 82.5 Å². The highest BCUT2D eigenvalue weighted by Crippen LogP contribution is 2.62. The van der Waals surface area contributed by atoms with Crippen molar-refractivity contribution in [1.82, 2.24) is 0 Å². The number of anilines is 3. The molecule has 4 bridgehead atoms. The molecule has 0 aliphatic heterocycles. The van der Waals surface area contributed by atoms with Crippen LogP contribution in [0.3, 0.4) is 0 Å². The first-order chi connectivity index (χ1) is 33.6. The van der Waals surface area contributed by atoms with Gasteiger partial charge in [0.25, 0.3) is 0 Å². The zero-order valence-corrected chi connectivity index (χ0v) is 40.4. The minimum Gasteiger partial charge on any atom is -0.310 e. The molecule has 15 rings (SSSR count). The second-order valence-corrected chi connectivity index (χ2v) is 22.7. The van der Waals surface area contributed by atoms with Gasteiger partial charge >= 0.3 is 0 Å². The van der Waals surface area contributed by atoms with Crippen LogP contribution in [0.25, 0.3) is 66.4 Å². The number of hydrogen-bond acceptors (Lipinski definition) is 1. The van der Waals surface area contributed by atoms with E-state index in [9.17, 15) is 0 Å². The molecule has 0 amide bonds. The highest BCUT2D eigenvalue weighted by atomic mass is 15.1. The highest BCUT2D eigenvalue weighted by Gasteiger charge is 2.51. The summed E-state index contributed by atoms with van der Waals surface area (Å²) in [5.74, 6) is 2.75. The highest BCUT2D eigenvalue weighted by molar-refractivity contribution is 6.04. The van der Waals surface area contributed by atoms with Gasteiger partial charge in [0.1, 0.15) is 0 Å². The molecule has 9 aromatic rings. The lowest BCUT2D eigenvalue weighted by Gasteiger charge is -2.57. The second kappa shape index (κ2) is 15.0. The minimum absolute atomic E-state index is 0.0535. The Morgan fingerprint density at radius 1 is 0.377 bits per heavy atom. The van der Waals surface area contributed by atoms with Crippen LogP contribution in [0.4, 0.5) is 17.1 Å². The van der Waals surface area contributed by atoms with Crippen molar-refractivity contribution < 1.29 is 0 Å². The number of nitrogens with zero attached hydrogens (tertiary/aromatic N) is 1. The van der Waals surface area contributed by atoms with Crippen LogP contribution in [0.5, 0.6) is 0 Å². The SMILES string of the molecule is CC1(C)c2ccccc2-c2c(-c3cccc4c3C(C)(C)c3cc(N(c5ccc(-c6ccc7ccccc7c6-c6ccccc6)cc5)c5ccc(C67CC8CC(CC(C8)C6)C7)cc5)ccc3-4)cccc21. The van der Waals surface area contributed by atoms with E-state index in [2.05, 4.69) is 227 Å². The molecule has 0 spiro atoms. The van der Waals surface area contributed by atoms with Crippen molar-refractivity contribution in [3.63, 3.8) is 0 Å². The van der Waals surface area contributed by atoms with Gasteiger partial charge in [-0.2, -0.15) is 0 Å². The van der Waals surface area contributed by atoms with Gasteiger partial charge in [0, 0.05) is 27.9 Å². The largest absolute Gasteiger partial charge is 0.310 e. The lowest BCUT2D eigenvalue weighted by atomic mass is 9.48. The summed E-state index contributed by atoms with van der Waals surface area (Å²) in [7, 11) is 0. The van der Waals surface area contributed by atoms with Gasteiger partial charge in [-0.15, -0.1) is 0 Å². The molecule has 4 saturated carbocycles. The molecule has 1 nitrogen and oxygen atoms in total. The summed E-state index contributed by atoms with van der Waals surface area (Å²) in [4.78, 5) is 2.52. The molecule has 6 aliphatic carbocycles. The lowest BCUT2D eigenvalue weighted by Crippen LogP contribution is -2.48. The summed E-state index contributed by atoms with van der Waals surface area (Å²) in [6.45, 7) is 9.69. The Morgan fingerprint density at radius 2 is 0.942 bits per heavy atom. The summed E-state index contributed by atoms with van der Waals surface area (Å²) < 4.78 is 0. The van der Waals surface area contributed by atoms with Crippen molar-refractivity contribution in [1.29, 1.82) is 0 Å². The van der Waals surface area contributed by atoms with Crippen LogP contribution >= 0.6 is 0 Å². The maximum Gasteiger partial charge on any atom is 0.0465 e. The zero-order valence-electron chi connectivity index (χ0n) is 40.4. The predicted octanol–water partition coefficient (Wildman–Crippen LogP) is 18.4. The first kappa shape index (κ1) is 41.1. The molecule has 0 heterocycles. The number of rotatable bonds is 7. The Hall–Kier alpha value is -6.96. The monoisotopic (exact) mass is 889 g/mol. The van der Waals surface area contributed by atoms with Gasteiger partial charge in [0.2, 0.25) is 0 Å². The van der Waals surface area contributed by atoms with Gasteiger partial charge in [-0.05, 0) is 192 Å². The third-order valence-electron chi connectivity index (χ3n) is 18.0. The third kappa shape index (κ3) is 6.15. The number of fused-ring (bicyclic) bond motifs is 7. The Kier molecular flexibility index (Phi) is 8.94. The molecule has 0 saturated heterocycles. The van der Waals surface area contributed by atoms with Crippen molar-refractivity contribution in [2.75, 3.05) is 4.90 Å². The molecule has 0 atom stereocenters. The van der Waals surface area contributed by atoms with Crippen LogP contribution < -0.4 is 4.90 Å². The van der Waals surface area contributed by atoms with Crippen molar-refractivity contribution in [2.24, 2.45) is 17.8 Å². The maximum absolute atomic E-state index is 2.52. The van der Waals surface area contributed by atoms with E-state index >= 15 is 0 Å². The van der Waals surface area contributed by atoms with Crippen molar-refractivity contribution in [3.8, 4) is 55.6 Å². The molecule has 336 valence electrons. The van der Waals surface area contributed by atoms with Gasteiger partial charge in [-0.1, -0.05) is 185 Å². The van der Waals surface area contributed by atoms with Crippen molar-refractivity contribution in [3.05, 3.63) is 222 Å². The van der Waals surface area contributed by atoms with Gasteiger partial charge in [-0.25, -0.2) is 0 Å². The Bertz CT molecular complexity index is 3480. The standard InChI is InChI=1S/C68H59N/c1-66(2)60-22-11-10-18-59(60)64-56(19-13-23-61(64)66)58-21-12-20-57-55-35-33-52(39-62(55)67(3,4)65(57)58)69(51-31-27-49(28-32-51)68-40-43-36-44(41-68)38-45(37-43)42-68)50-29-24-47(25-30-50)54-34-26-46-14-8-9-17-53(46)63(54)48-15-6-5-7-16-48/h5-35,39,43-45H,36-38,40-42H2,1-4H3. The van der Waals surface area contributed by atoms with E-state index in [1.54, 1.807) is 5.56 Å². The van der Waals surface area contributed by atoms with Crippen LogP contribution in [-0.4, -0.2) is 0 Å². The van der Waals surface area contributed by atoms with E-state index in [0.717, 1.165) is 17.8 Å². The quantitative estimate of drug-likeness (QED) is 0.154. The summed E-state index contributed by atoms with van der Waals surface area (Å²) in [5, 5.41) is 2.54. The fraction of sp³-hybridized carbons (Fsp3) is 0.235. The molecular formula is C68H59N. The average Bonchev–Trinajstić information content (AvgIpc) is 3.76. The average molecular weight is 890 g/mol. The molecular weight excluding hydrogens is 831 g/mol. The van der Waals surface area contributed by atoms with E-state index < -0.39 is 0 Å². The molecule has 69 heavy (non-hydrogen) atoms.